The molecule has 2 heterocycles. The molecule has 0 saturated carbocycles. The van der Waals surface area contributed by atoms with Gasteiger partial charge in [-0.15, -0.1) is 24.5 Å². The van der Waals surface area contributed by atoms with Gasteiger partial charge in [0.05, 0.1) is 4.88 Å². The van der Waals surface area contributed by atoms with Crippen LogP contribution >= 0.6 is 11.3 Å². The van der Waals surface area contributed by atoms with Gasteiger partial charge in [-0.05, 0) is 48.4 Å². The fourth-order valence-electron chi connectivity index (χ4n) is 3.10. The third-order valence-electron chi connectivity index (χ3n) is 4.42. The van der Waals surface area contributed by atoms with Crippen molar-refractivity contribution in [1.82, 2.24) is 10.2 Å². The number of nitrogens with zero attached hydrogens (tertiary/aromatic N) is 1. The van der Waals surface area contributed by atoms with Crippen LogP contribution in [0.25, 0.3) is 0 Å². The molecule has 5 nitrogen and oxygen atoms in total. The second-order valence-corrected chi connectivity index (χ2v) is 7.34. The van der Waals surface area contributed by atoms with Crippen molar-refractivity contribution in [3.05, 3.63) is 52.2 Å². The van der Waals surface area contributed by atoms with Gasteiger partial charge >= 0.3 is 6.36 Å². The zero-order chi connectivity index (χ0) is 20.1. The molecule has 1 aromatic carbocycles. The summed E-state index contributed by atoms with van der Waals surface area (Å²) >= 11 is 1.34. The molecule has 9 heteroatoms. The molecule has 0 spiro atoms. The third-order valence-corrected chi connectivity index (χ3v) is 5.28. The molecule has 1 aliphatic rings. The zero-order valence-electron chi connectivity index (χ0n) is 14.9. The fourth-order valence-corrected chi connectivity index (χ4v) is 3.78. The van der Waals surface area contributed by atoms with Crippen LogP contribution in [0.5, 0.6) is 5.75 Å². The number of hydrogen-bond acceptors (Lipinski definition) is 4. The molecule has 1 fully saturated rings. The van der Waals surface area contributed by atoms with Gasteiger partial charge in [0.25, 0.3) is 5.91 Å². The maximum absolute atomic E-state index is 12.7. The number of amides is 2. The Morgan fingerprint density at radius 2 is 1.93 bits per heavy atom. The minimum Gasteiger partial charge on any atom is -0.406 e. The van der Waals surface area contributed by atoms with Gasteiger partial charge in [-0.25, -0.2) is 0 Å². The molecule has 1 aliphatic heterocycles. The number of rotatable bonds is 5. The summed E-state index contributed by atoms with van der Waals surface area (Å²) in [6.45, 7) is 0.682. The van der Waals surface area contributed by atoms with Gasteiger partial charge < -0.3 is 15.0 Å². The van der Waals surface area contributed by atoms with Crippen LogP contribution in [-0.4, -0.2) is 35.7 Å². The smallest absolute Gasteiger partial charge is 0.406 e. The van der Waals surface area contributed by atoms with Gasteiger partial charge in [-0.2, -0.15) is 0 Å². The van der Waals surface area contributed by atoms with E-state index in [2.05, 4.69) is 10.1 Å². The Kier molecular flexibility index (Phi) is 6.23. The van der Waals surface area contributed by atoms with E-state index in [9.17, 15) is 22.8 Å². The van der Waals surface area contributed by atoms with E-state index in [1.165, 1.54) is 35.6 Å². The highest BCUT2D eigenvalue weighted by Gasteiger charge is 2.33. The van der Waals surface area contributed by atoms with Crippen LogP contribution in [0.3, 0.4) is 0 Å². The van der Waals surface area contributed by atoms with Crippen molar-refractivity contribution < 1.29 is 27.5 Å². The summed E-state index contributed by atoms with van der Waals surface area (Å²) in [5.41, 5.74) is 0.634. The van der Waals surface area contributed by atoms with Gasteiger partial charge in [0.2, 0.25) is 5.91 Å². The van der Waals surface area contributed by atoms with E-state index < -0.39 is 12.4 Å². The molecule has 1 unspecified atom stereocenters. The molecule has 2 aromatic rings. The number of thiophene rings is 1. The number of carbonyl (C=O) groups excluding carboxylic acids is 2. The quantitative estimate of drug-likeness (QED) is 0.809. The molecule has 0 bridgehead atoms. The zero-order valence-corrected chi connectivity index (χ0v) is 15.7. The molecule has 3 rings (SSSR count). The van der Waals surface area contributed by atoms with Crippen molar-refractivity contribution in [1.29, 1.82) is 0 Å². The largest absolute Gasteiger partial charge is 0.573 e. The molecule has 1 saturated heterocycles. The first kappa shape index (κ1) is 20.2. The summed E-state index contributed by atoms with van der Waals surface area (Å²) in [7, 11) is 0. The average molecular weight is 412 g/mol. The summed E-state index contributed by atoms with van der Waals surface area (Å²) in [6.07, 6.45) is -2.45. The third kappa shape index (κ3) is 5.25. The summed E-state index contributed by atoms with van der Waals surface area (Å²) in [4.78, 5) is 27.5. The van der Waals surface area contributed by atoms with E-state index in [0.717, 1.165) is 12.8 Å². The van der Waals surface area contributed by atoms with E-state index in [1.54, 1.807) is 17.0 Å². The number of hydrogen-bond donors (Lipinski definition) is 1. The predicted octanol–water partition coefficient (Wildman–Crippen LogP) is 3.96. The van der Waals surface area contributed by atoms with Crippen molar-refractivity contribution in [3.63, 3.8) is 0 Å². The Balaban J connectivity index is 1.59. The van der Waals surface area contributed by atoms with E-state index >= 15 is 0 Å². The first-order chi connectivity index (χ1) is 13.3. The average Bonchev–Trinajstić information content (AvgIpc) is 3.20. The number of piperidine rings is 1. The molecule has 1 aromatic heterocycles. The maximum Gasteiger partial charge on any atom is 0.573 e. The number of ether oxygens (including phenoxy) is 1. The second-order valence-electron chi connectivity index (χ2n) is 6.40. The summed E-state index contributed by atoms with van der Waals surface area (Å²) in [5, 5.41) is 4.59. The maximum atomic E-state index is 12.7. The van der Waals surface area contributed by atoms with Crippen LogP contribution in [0, 0.1) is 0 Å². The van der Waals surface area contributed by atoms with Gasteiger partial charge in [-0.3, -0.25) is 9.59 Å². The predicted molar refractivity (Wildman–Crippen MR) is 98.0 cm³/mol. The van der Waals surface area contributed by atoms with Crippen LogP contribution in [0.1, 0.15) is 34.5 Å². The molecule has 1 N–H and O–H groups in total. The number of likely N-dealkylation sites (tertiary alicyclic amines) is 1. The SMILES string of the molecule is O=C(NCc1ccc(OC(F)(F)F)cc1)C1CCCCN1C(=O)c1cccs1. The van der Waals surface area contributed by atoms with Crippen molar-refractivity contribution in [2.24, 2.45) is 0 Å². The van der Waals surface area contributed by atoms with Crippen LogP contribution in [0.4, 0.5) is 13.2 Å². The van der Waals surface area contributed by atoms with Crippen LogP contribution in [0.15, 0.2) is 41.8 Å². The first-order valence-corrected chi connectivity index (χ1v) is 9.68. The number of carbonyl (C=O) groups is 2. The Labute approximate surface area is 164 Å². The summed E-state index contributed by atoms with van der Waals surface area (Å²) in [6, 6.07) is 8.29. The van der Waals surface area contributed by atoms with Gasteiger partial charge in [-0.1, -0.05) is 18.2 Å². The lowest BCUT2D eigenvalue weighted by Crippen LogP contribution is -2.51. The minimum atomic E-state index is -4.74. The van der Waals surface area contributed by atoms with Gasteiger partial charge in [0.15, 0.2) is 0 Å². The minimum absolute atomic E-state index is 0.150. The Morgan fingerprint density at radius 1 is 1.18 bits per heavy atom. The fraction of sp³-hybridized carbons (Fsp3) is 0.368. The lowest BCUT2D eigenvalue weighted by atomic mass is 10.0. The topological polar surface area (TPSA) is 58.6 Å². The lowest BCUT2D eigenvalue weighted by molar-refractivity contribution is -0.274. The summed E-state index contributed by atoms with van der Waals surface area (Å²) < 4.78 is 40.4. The molecule has 2 amide bonds. The molecule has 0 radical (unpaired) electrons. The Bertz CT molecular complexity index is 807. The number of nitrogens with one attached hydrogen (secondary N) is 1. The van der Waals surface area contributed by atoms with E-state index in [-0.39, 0.29) is 24.1 Å². The highest BCUT2D eigenvalue weighted by molar-refractivity contribution is 7.12. The molecular formula is C19H19F3N2O3S. The van der Waals surface area contributed by atoms with Crippen molar-refractivity contribution in [3.8, 4) is 5.75 Å². The highest BCUT2D eigenvalue weighted by atomic mass is 32.1. The number of halogens is 3. The molecule has 0 aliphatic carbocycles. The van der Waals surface area contributed by atoms with Crippen molar-refractivity contribution in [2.45, 2.75) is 38.2 Å². The standard InChI is InChI=1S/C19H19F3N2O3S/c20-19(21,22)27-14-8-6-13(7-9-14)12-23-17(25)15-4-1-2-10-24(15)18(26)16-5-3-11-28-16/h3,5-9,11,15H,1-2,4,10,12H2,(H,23,25). The van der Waals surface area contributed by atoms with Crippen molar-refractivity contribution >= 4 is 23.2 Å². The molecule has 150 valence electrons. The van der Waals surface area contributed by atoms with Crippen LogP contribution in [-0.2, 0) is 11.3 Å². The van der Waals surface area contributed by atoms with Crippen LogP contribution in [0.2, 0.25) is 0 Å². The van der Waals surface area contributed by atoms with Crippen LogP contribution < -0.4 is 10.1 Å². The Morgan fingerprint density at radius 3 is 2.57 bits per heavy atom. The van der Waals surface area contributed by atoms with E-state index in [4.69, 9.17) is 0 Å². The monoisotopic (exact) mass is 412 g/mol. The number of benzene rings is 1. The van der Waals surface area contributed by atoms with E-state index in [0.29, 0.717) is 23.4 Å². The lowest BCUT2D eigenvalue weighted by Gasteiger charge is -2.34. The normalized spacial score (nSPS) is 17.2. The van der Waals surface area contributed by atoms with Gasteiger partial charge in [0.1, 0.15) is 11.8 Å². The van der Waals surface area contributed by atoms with Crippen molar-refractivity contribution in [2.75, 3.05) is 6.54 Å². The second kappa shape index (κ2) is 8.64. The Hall–Kier alpha value is -2.55. The molecule has 1 atom stereocenters. The highest BCUT2D eigenvalue weighted by Crippen LogP contribution is 2.24. The number of alkyl halides is 3. The first-order valence-electron chi connectivity index (χ1n) is 8.80. The molecule has 28 heavy (non-hydrogen) atoms. The van der Waals surface area contributed by atoms with E-state index in [1.807, 2.05) is 5.38 Å². The van der Waals surface area contributed by atoms with Gasteiger partial charge in [0, 0.05) is 13.1 Å². The summed E-state index contributed by atoms with van der Waals surface area (Å²) in [5.74, 6) is -0.730. The molecular weight excluding hydrogens is 393 g/mol.